The van der Waals surface area contributed by atoms with E-state index in [0.29, 0.717) is 17.6 Å². The van der Waals surface area contributed by atoms with Crippen molar-refractivity contribution >= 4 is 22.9 Å². The third-order valence-electron chi connectivity index (χ3n) is 3.83. The van der Waals surface area contributed by atoms with Crippen LogP contribution < -0.4 is 11.5 Å². The Labute approximate surface area is 113 Å². The minimum absolute atomic E-state index is 0.0171. The van der Waals surface area contributed by atoms with Crippen molar-refractivity contribution in [2.24, 2.45) is 5.92 Å². The molecule has 4 atom stereocenters. The maximum atomic E-state index is 10.1. The Morgan fingerprint density at radius 2 is 2.00 bits per heavy atom. The molecule has 0 bridgehead atoms. The van der Waals surface area contributed by atoms with Gasteiger partial charge >= 0.3 is 0 Å². The van der Waals surface area contributed by atoms with Crippen LogP contribution in [-0.2, 0) is 0 Å². The van der Waals surface area contributed by atoms with Crippen LogP contribution in [0.4, 0.5) is 11.8 Å². The second-order valence-electron chi connectivity index (χ2n) is 5.02. The summed E-state index contributed by atoms with van der Waals surface area (Å²) >= 11 is 0. The summed E-state index contributed by atoms with van der Waals surface area (Å²) in [6.07, 6.45) is -0.107. The third-order valence-corrected chi connectivity index (χ3v) is 3.83. The maximum absolute atomic E-state index is 10.1. The number of aromatic nitrogens is 4. The van der Waals surface area contributed by atoms with Gasteiger partial charge in [-0.05, 0) is 6.42 Å². The monoisotopic (exact) mass is 280 g/mol. The summed E-state index contributed by atoms with van der Waals surface area (Å²) in [7, 11) is 0. The normalized spacial score (nSPS) is 30.1. The number of aliphatic hydroxyl groups is 3. The summed E-state index contributed by atoms with van der Waals surface area (Å²) in [6.45, 7) is -0.194. The number of fused-ring (bicyclic) bond motifs is 1. The van der Waals surface area contributed by atoms with Gasteiger partial charge in [0.05, 0.1) is 18.5 Å². The lowest BCUT2D eigenvalue weighted by Crippen LogP contribution is -2.30. The zero-order valence-electron chi connectivity index (χ0n) is 10.6. The molecule has 1 saturated carbocycles. The van der Waals surface area contributed by atoms with Gasteiger partial charge in [0.2, 0.25) is 5.95 Å². The lowest BCUT2D eigenvalue weighted by atomic mass is 10.1. The fraction of sp³-hybridized carbons (Fsp3) is 0.545. The largest absolute Gasteiger partial charge is 0.396 e. The van der Waals surface area contributed by atoms with Gasteiger partial charge in [-0.25, -0.2) is 4.98 Å². The third kappa shape index (κ3) is 1.79. The average Bonchev–Trinajstić information content (AvgIpc) is 2.93. The van der Waals surface area contributed by atoms with Gasteiger partial charge in [0.25, 0.3) is 0 Å². The second kappa shape index (κ2) is 4.54. The molecular formula is C11H16N6O3. The summed E-state index contributed by atoms with van der Waals surface area (Å²) in [5.41, 5.74) is 12.1. The fourth-order valence-electron chi connectivity index (χ4n) is 2.75. The molecule has 7 N–H and O–H groups in total. The highest BCUT2D eigenvalue weighted by atomic mass is 16.3. The molecule has 0 saturated heterocycles. The van der Waals surface area contributed by atoms with Crippen molar-refractivity contribution in [3.05, 3.63) is 6.33 Å². The first-order valence-corrected chi connectivity index (χ1v) is 6.25. The molecule has 0 spiro atoms. The van der Waals surface area contributed by atoms with Crippen LogP contribution in [0.2, 0.25) is 0 Å². The molecule has 3 rings (SSSR count). The second-order valence-corrected chi connectivity index (χ2v) is 5.02. The van der Waals surface area contributed by atoms with Crippen molar-refractivity contribution < 1.29 is 15.3 Å². The maximum Gasteiger partial charge on any atom is 0.224 e. The average molecular weight is 280 g/mol. The Hall–Kier alpha value is -1.97. The predicted molar refractivity (Wildman–Crippen MR) is 70.4 cm³/mol. The van der Waals surface area contributed by atoms with Crippen molar-refractivity contribution in [3.63, 3.8) is 0 Å². The van der Waals surface area contributed by atoms with Gasteiger partial charge in [0.15, 0.2) is 11.5 Å². The standard InChI is InChI=1S/C11H16N6O3/c12-9-6-10(16-11(13)15-9)17(3-14-6)5-1-4(2-18)7(19)8(5)20/h3-5,7-8,18-20H,1-2H2,(H4,12,13,15,16)/t4-,5-,7-,8-/m1/s1. The Morgan fingerprint density at radius 1 is 1.25 bits per heavy atom. The van der Waals surface area contributed by atoms with Crippen LogP contribution in [-0.4, -0.2) is 53.7 Å². The van der Waals surface area contributed by atoms with Crippen LogP contribution in [0.5, 0.6) is 0 Å². The Balaban J connectivity index is 2.07. The van der Waals surface area contributed by atoms with Crippen molar-refractivity contribution in [1.82, 2.24) is 19.5 Å². The van der Waals surface area contributed by atoms with Crippen LogP contribution in [0, 0.1) is 5.92 Å². The first-order valence-electron chi connectivity index (χ1n) is 6.25. The minimum Gasteiger partial charge on any atom is -0.396 e. The van der Waals surface area contributed by atoms with E-state index in [1.54, 1.807) is 4.57 Å². The predicted octanol–water partition coefficient (Wildman–Crippen LogP) is -1.73. The molecule has 2 aromatic rings. The lowest BCUT2D eigenvalue weighted by molar-refractivity contribution is -0.00370. The SMILES string of the molecule is Nc1nc(N)c2ncn([C@@H]3C[C@H](CO)[C@@H](O)[C@@H]3O)c2n1. The quantitative estimate of drug-likeness (QED) is 0.434. The van der Waals surface area contributed by atoms with E-state index < -0.39 is 18.2 Å². The molecule has 1 fully saturated rings. The fourth-order valence-corrected chi connectivity index (χ4v) is 2.75. The molecule has 0 aliphatic heterocycles. The molecule has 108 valence electrons. The van der Waals surface area contributed by atoms with Crippen LogP contribution >= 0.6 is 0 Å². The number of anilines is 2. The molecule has 9 nitrogen and oxygen atoms in total. The molecule has 0 radical (unpaired) electrons. The number of imidazole rings is 1. The van der Waals surface area contributed by atoms with Gasteiger partial charge in [-0.1, -0.05) is 0 Å². The highest BCUT2D eigenvalue weighted by molar-refractivity contribution is 5.82. The minimum atomic E-state index is -1.01. The Kier molecular flexibility index (Phi) is 2.96. The van der Waals surface area contributed by atoms with E-state index in [9.17, 15) is 15.3 Å². The van der Waals surface area contributed by atoms with Crippen LogP contribution in [0.25, 0.3) is 11.2 Å². The van der Waals surface area contributed by atoms with E-state index in [1.807, 2.05) is 0 Å². The van der Waals surface area contributed by atoms with Gasteiger partial charge in [-0.3, -0.25) is 0 Å². The highest BCUT2D eigenvalue weighted by Gasteiger charge is 2.42. The number of nitrogen functional groups attached to an aromatic ring is 2. The van der Waals surface area contributed by atoms with Crippen LogP contribution in [0.1, 0.15) is 12.5 Å². The van der Waals surface area contributed by atoms with E-state index in [0.717, 1.165) is 0 Å². The zero-order chi connectivity index (χ0) is 14.4. The summed E-state index contributed by atoms with van der Waals surface area (Å²) in [4.78, 5) is 12.0. The van der Waals surface area contributed by atoms with Crippen molar-refractivity contribution in [3.8, 4) is 0 Å². The molecule has 0 amide bonds. The van der Waals surface area contributed by atoms with E-state index in [1.165, 1.54) is 6.33 Å². The van der Waals surface area contributed by atoms with E-state index >= 15 is 0 Å². The Morgan fingerprint density at radius 3 is 2.65 bits per heavy atom. The molecule has 0 unspecified atom stereocenters. The van der Waals surface area contributed by atoms with Crippen LogP contribution in [0.3, 0.4) is 0 Å². The zero-order valence-corrected chi connectivity index (χ0v) is 10.6. The lowest BCUT2D eigenvalue weighted by Gasteiger charge is -2.18. The molecular weight excluding hydrogens is 264 g/mol. The van der Waals surface area contributed by atoms with Crippen LogP contribution in [0.15, 0.2) is 6.33 Å². The smallest absolute Gasteiger partial charge is 0.224 e. The molecule has 1 aliphatic carbocycles. The number of hydrogen-bond donors (Lipinski definition) is 5. The topological polar surface area (TPSA) is 156 Å². The molecule has 0 aromatic carbocycles. The highest BCUT2D eigenvalue weighted by Crippen LogP contribution is 2.36. The van der Waals surface area contributed by atoms with Crippen molar-refractivity contribution in [2.75, 3.05) is 18.1 Å². The molecule has 2 aromatic heterocycles. The van der Waals surface area contributed by atoms with Gasteiger partial charge in [0, 0.05) is 12.5 Å². The van der Waals surface area contributed by atoms with E-state index in [-0.39, 0.29) is 24.3 Å². The van der Waals surface area contributed by atoms with E-state index in [2.05, 4.69) is 15.0 Å². The van der Waals surface area contributed by atoms with Gasteiger partial charge in [0.1, 0.15) is 11.6 Å². The van der Waals surface area contributed by atoms with Gasteiger partial charge < -0.3 is 31.4 Å². The summed E-state index contributed by atoms with van der Waals surface area (Å²) < 4.78 is 1.62. The summed E-state index contributed by atoms with van der Waals surface area (Å²) in [5.74, 6) is -0.203. The number of hydrogen-bond acceptors (Lipinski definition) is 8. The summed E-state index contributed by atoms with van der Waals surface area (Å²) in [6, 6.07) is -0.444. The molecule has 1 aliphatic rings. The summed E-state index contributed by atoms with van der Waals surface area (Å²) in [5, 5.41) is 29.2. The van der Waals surface area contributed by atoms with Gasteiger partial charge in [-0.2, -0.15) is 9.97 Å². The number of rotatable bonds is 2. The molecule has 9 heteroatoms. The molecule has 2 heterocycles. The number of nitrogens with two attached hydrogens (primary N) is 2. The van der Waals surface area contributed by atoms with Crippen molar-refractivity contribution in [2.45, 2.75) is 24.7 Å². The Bertz CT molecular complexity index is 644. The van der Waals surface area contributed by atoms with Crippen molar-refractivity contribution in [1.29, 1.82) is 0 Å². The van der Waals surface area contributed by atoms with Gasteiger partial charge in [-0.15, -0.1) is 0 Å². The first-order chi connectivity index (χ1) is 9.52. The number of nitrogens with zero attached hydrogens (tertiary/aromatic N) is 4. The first kappa shape index (κ1) is 13.0. The molecule has 20 heavy (non-hydrogen) atoms. The number of aliphatic hydroxyl groups excluding tert-OH is 3. The van der Waals surface area contributed by atoms with E-state index in [4.69, 9.17) is 11.5 Å².